The summed E-state index contributed by atoms with van der Waals surface area (Å²) < 4.78 is 15.4. The highest BCUT2D eigenvalue weighted by Crippen LogP contribution is 2.18. The number of anilines is 1. The molecule has 0 fully saturated rings. The minimum absolute atomic E-state index is 0.00356. The molecule has 0 aliphatic rings. The van der Waals surface area contributed by atoms with E-state index in [1.165, 1.54) is 38.3 Å². The second kappa shape index (κ2) is 11.0. The Morgan fingerprint density at radius 1 is 1.13 bits per heavy atom. The quantitative estimate of drug-likeness (QED) is 0.256. The van der Waals surface area contributed by atoms with Crippen molar-refractivity contribution in [3.05, 3.63) is 71.7 Å². The number of carbonyl (C=O) groups is 3. The van der Waals surface area contributed by atoms with Gasteiger partial charge < -0.3 is 10.4 Å². The summed E-state index contributed by atoms with van der Waals surface area (Å²) in [6.45, 7) is 1.39. The number of rotatable bonds is 8. The molecule has 10 heteroatoms. The first-order valence-electron chi connectivity index (χ1n) is 8.64. The first-order chi connectivity index (χ1) is 14.3. The molecule has 3 N–H and O–H groups in total. The number of nitrogens with zero attached hydrogens (tertiary/aromatic N) is 1. The number of aliphatic hydroxyl groups excluding tert-OH is 1. The van der Waals surface area contributed by atoms with Gasteiger partial charge in [-0.1, -0.05) is 12.1 Å². The first-order valence-corrected chi connectivity index (χ1v) is 9.45. The van der Waals surface area contributed by atoms with E-state index in [2.05, 4.69) is 10.0 Å². The molecule has 0 saturated heterocycles. The fourth-order valence-corrected chi connectivity index (χ4v) is 2.80. The van der Waals surface area contributed by atoms with Crippen molar-refractivity contribution in [1.82, 2.24) is 9.79 Å². The number of carbonyl (C=O) groups excluding carboxylic acids is 3. The van der Waals surface area contributed by atoms with Crippen LogP contribution in [0.15, 0.2) is 65.3 Å². The van der Waals surface area contributed by atoms with Crippen LogP contribution in [0, 0.1) is 5.82 Å². The van der Waals surface area contributed by atoms with Crippen LogP contribution >= 0.6 is 11.9 Å². The third-order valence-electron chi connectivity index (χ3n) is 3.63. The van der Waals surface area contributed by atoms with Crippen molar-refractivity contribution >= 4 is 35.4 Å². The smallest absolute Gasteiger partial charge is 0.296 e. The monoisotopic (exact) mass is 433 g/mol. The normalized spacial score (nSPS) is 11.0. The Morgan fingerprint density at radius 3 is 2.33 bits per heavy atom. The van der Waals surface area contributed by atoms with Crippen LogP contribution in [0.3, 0.4) is 0 Å². The van der Waals surface area contributed by atoms with Crippen molar-refractivity contribution in [2.45, 2.75) is 18.4 Å². The highest BCUT2D eigenvalue weighted by molar-refractivity contribution is 7.98. The van der Waals surface area contributed by atoms with E-state index in [9.17, 15) is 23.9 Å². The zero-order valence-electron chi connectivity index (χ0n) is 16.2. The second-order valence-electron chi connectivity index (χ2n) is 5.95. The zero-order valence-corrected chi connectivity index (χ0v) is 17.0. The molecule has 0 atom stereocenters. The summed E-state index contributed by atoms with van der Waals surface area (Å²) in [6, 6.07) is 12.1. The van der Waals surface area contributed by atoms with Gasteiger partial charge in [0.05, 0.1) is 19.7 Å². The van der Waals surface area contributed by atoms with Gasteiger partial charge >= 0.3 is 0 Å². The van der Waals surface area contributed by atoms with Crippen molar-refractivity contribution in [1.29, 1.82) is 0 Å². The van der Waals surface area contributed by atoms with Crippen molar-refractivity contribution in [2.24, 2.45) is 0 Å². The maximum absolute atomic E-state index is 13.0. The number of amides is 3. The molecule has 0 radical (unpaired) electrons. The number of hydrogen-bond acceptors (Lipinski definition) is 6. The minimum Gasteiger partial charge on any atom is -0.503 e. The van der Waals surface area contributed by atoms with Crippen LogP contribution in [0.5, 0.6) is 0 Å². The van der Waals surface area contributed by atoms with Gasteiger partial charge in [0.1, 0.15) is 5.82 Å². The van der Waals surface area contributed by atoms with E-state index >= 15 is 0 Å². The molecule has 2 aromatic carbocycles. The molecule has 158 valence electrons. The van der Waals surface area contributed by atoms with E-state index < -0.39 is 23.4 Å². The molecule has 0 unspecified atom stereocenters. The van der Waals surface area contributed by atoms with Crippen LogP contribution in [-0.2, 0) is 25.8 Å². The Balaban J connectivity index is 1.92. The average molecular weight is 433 g/mol. The summed E-state index contributed by atoms with van der Waals surface area (Å²) >= 11 is 0.925. The summed E-state index contributed by atoms with van der Waals surface area (Å²) in [5.41, 5.74) is 1.20. The predicted octanol–water partition coefficient (Wildman–Crippen LogP) is 2.94. The first kappa shape index (κ1) is 22.9. The van der Waals surface area contributed by atoms with Gasteiger partial charge in [-0.25, -0.2) is 9.45 Å². The SMILES string of the molecule is CON(Cc1ccc(F)cc1)C(=O)/C=C(\O)C(=O)NSc1ccc(NC(C)=O)cc1. The fourth-order valence-electron chi connectivity index (χ4n) is 2.21. The number of hydrogen-bond donors (Lipinski definition) is 3. The third kappa shape index (κ3) is 7.22. The highest BCUT2D eigenvalue weighted by atomic mass is 32.2. The largest absolute Gasteiger partial charge is 0.503 e. The maximum atomic E-state index is 13.0. The van der Waals surface area contributed by atoms with Gasteiger partial charge in [-0.05, 0) is 53.9 Å². The molecule has 8 nitrogen and oxygen atoms in total. The fraction of sp³-hybridized carbons (Fsp3) is 0.150. The van der Waals surface area contributed by atoms with E-state index in [0.29, 0.717) is 16.1 Å². The van der Waals surface area contributed by atoms with Crippen LogP contribution in [0.25, 0.3) is 0 Å². The van der Waals surface area contributed by atoms with Crippen molar-refractivity contribution < 1.29 is 28.7 Å². The number of benzene rings is 2. The molecule has 0 aromatic heterocycles. The second-order valence-corrected chi connectivity index (χ2v) is 6.83. The molecule has 0 spiro atoms. The summed E-state index contributed by atoms with van der Waals surface area (Å²) in [6.07, 6.45) is 0.725. The molecule has 0 bridgehead atoms. The van der Waals surface area contributed by atoms with E-state index in [1.54, 1.807) is 24.3 Å². The van der Waals surface area contributed by atoms with E-state index in [-0.39, 0.29) is 12.5 Å². The van der Waals surface area contributed by atoms with Gasteiger partial charge in [-0.3, -0.25) is 23.9 Å². The average Bonchev–Trinajstić information content (AvgIpc) is 2.72. The van der Waals surface area contributed by atoms with Gasteiger partial charge in [-0.15, -0.1) is 0 Å². The Hall–Kier alpha value is -3.37. The Bertz CT molecular complexity index is 932. The van der Waals surface area contributed by atoms with Gasteiger partial charge in [-0.2, -0.15) is 0 Å². The zero-order chi connectivity index (χ0) is 22.1. The topological polar surface area (TPSA) is 108 Å². The van der Waals surface area contributed by atoms with Crippen molar-refractivity contribution in [3.63, 3.8) is 0 Å². The predicted molar refractivity (Wildman–Crippen MR) is 109 cm³/mol. The van der Waals surface area contributed by atoms with Crippen LogP contribution in [0.2, 0.25) is 0 Å². The van der Waals surface area contributed by atoms with Crippen LogP contribution in [0.4, 0.5) is 10.1 Å². The molecule has 2 aromatic rings. The summed E-state index contributed by atoms with van der Waals surface area (Å²) in [5.74, 6) is -3.06. The lowest BCUT2D eigenvalue weighted by atomic mass is 10.2. The van der Waals surface area contributed by atoms with E-state index in [4.69, 9.17) is 4.84 Å². The summed E-state index contributed by atoms with van der Waals surface area (Å²) in [7, 11) is 1.26. The highest BCUT2D eigenvalue weighted by Gasteiger charge is 2.16. The Morgan fingerprint density at radius 2 is 1.77 bits per heavy atom. The minimum atomic E-state index is -0.878. The van der Waals surface area contributed by atoms with Gasteiger partial charge in [0, 0.05) is 17.5 Å². The lowest BCUT2D eigenvalue weighted by Gasteiger charge is -2.18. The third-order valence-corrected chi connectivity index (χ3v) is 4.43. The number of hydroxylamine groups is 2. The van der Waals surface area contributed by atoms with Crippen molar-refractivity contribution in [2.75, 3.05) is 12.4 Å². The van der Waals surface area contributed by atoms with E-state index in [1.807, 2.05) is 0 Å². The number of aliphatic hydroxyl groups is 1. The molecular formula is C20H20FN3O5S. The maximum Gasteiger partial charge on any atom is 0.296 e. The van der Waals surface area contributed by atoms with Crippen LogP contribution in [0.1, 0.15) is 12.5 Å². The molecule has 30 heavy (non-hydrogen) atoms. The number of halogens is 1. The summed E-state index contributed by atoms with van der Waals surface area (Å²) in [5, 5.41) is 13.4. The van der Waals surface area contributed by atoms with E-state index in [0.717, 1.165) is 23.1 Å². The lowest BCUT2D eigenvalue weighted by molar-refractivity contribution is -0.173. The molecule has 0 aliphatic carbocycles. The van der Waals surface area contributed by atoms with Crippen molar-refractivity contribution in [3.8, 4) is 0 Å². The number of nitrogens with one attached hydrogen (secondary N) is 2. The lowest BCUT2D eigenvalue weighted by Crippen LogP contribution is -2.29. The molecule has 0 heterocycles. The summed E-state index contributed by atoms with van der Waals surface area (Å²) in [4.78, 5) is 40.8. The molecular weight excluding hydrogens is 413 g/mol. The van der Waals surface area contributed by atoms with Gasteiger partial charge in [0.25, 0.3) is 11.8 Å². The Labute approximate surface area is 176 Å². The van der Waals surface area contributed by atoms with Gasteiger partial charge in [0.2, 0.25) is 5.91 Å². The molecule has 2 rings (SSSR count). The Kier molecular flexibility index (Phi) is 8.39. The van der Waals surface area contributed by atoms with Gasteiger partial charge in [0.15, 0.2) is 5.76 Å². The standard InChI is InChI=1S/C20H20FN3O5S/c1-13(25)22-16-7-9-17(10-8-16)30-23-20(28)18(26)11-19(27)24(29-2)12-14-3-5-15(21)6-4-14/h3-11,26H,12H2,1-2H3,(H,22,25)(H,23,28)/b18-11-. The molecule has 0 aliphatic heterocycles. The molecule has 0 saturated carbocycles. The van der Waals surface area contributed by atoms with Crippen LogP contribution < -0.4 is 10.0 Å². The van der Waals surface area contributed by atoms with Crippen LogP contribution in [-0.4, -0.2) is 35.0 Å². The molecule has 3 amide bonds.